The molecule has 0 bridgehead atoms. The summed E-state index contributed by atoms with van der Waals surface area (Å²) in [6.07, 6.45) is 8.60. The number of aromatic nitrogens is 2. The lowest BCUT2D eigenvalue weighted by atomic mass is 10.1. The van der Waals surface area contributed by atoms with Gasteiger partial charge in [-0.15, -0.1) is 17.8 Å². The molecule has 3 heterocycles. The van der Waals surface area contributed by atoms with Gasteiger partial charge in [-0.05, 0) is 24.8 Å². The number of nitrogens with zero attached hydrogens (tertiary/aromatic N) is 4. The van der Waals surface area contributed by atoms with Crippen LogP contribution in [0.15, 0.2) is 35.7 Å². The van der Waals surface area contributed by atoms with Crippen molar-refractivity contribution in [2.45, 2.75) is 25.2 Å². The van der Waals surface area contributed by atoms with Crippen molar-refractivity contribution in [1.82, 2.24) is 20.2 Å². The van der Waals surface area contributed by atoms with Crippen molar-refractivity contribution < 1.29 is 4.79 Å². The summed E-state index contributed by atoms with van der Waals surface area (Å²) in [6.45, 7) is 4.13. The van der Waals surface area contributed by atoms with E-state index in [4.69, 9.17) is 16.4 Å². The Kier molecular flexibility index (Phi) is 6.06. The minimum Gasteiger partial charge on any atom is -0.355 e. The van der Waals surface area contributed by atoms with Crippen molar-refractivity contribution in [2.75, 3.05) is 44.2 Å². The molecule has 2 fully saturated rings. The number of thiophene rings is 1. The maximum Gasteiger partial charge on any atom is 0.234 e. The summed E-state index contributed by atoms with van der Waals surface area (Å²) >= 11 is 1.71. The third kappa shape index (κ3) is 4.47. The Morgan fingerprint density at radius 3 is 2.78 bits per heavy atom. The third-order valence-electron chi connectivity index (χ3n) is 6.10. The number of rotatable bonds is 6. The van der Waals surface area contributed by atoms with Crippen LogP contribution in [0.25, 0.3) is 21.3 Å². The number of benzene rings is 1. The van der Waals surface area contributed by atoms with Gasteiger partial charge in [0.15, 0.2) is 0 Å². The SMILES string of the molecule is C#CCNC(=O)CN1CCCN(c2nc(C3CC3)nc3scc(-c4ccccc4)c23)CC1. The quantitative estimate of drug-likeness (QED) is 0.589. The Labute approximate surface area is 192 Å². The Morgan fingerprint density at radius 2 is 2.00 bits per heavy atom. The molecule has 1 aromatic carbocycles. The lowest BCUT2D eigenvalue weighted by Gasteiger charge is -2.24. The van der Waals surface area contributed by atoms with Gasteiger partial charge in [-0.3, -0.25) is 9.69 Å². The van der Waals surface area contributed by atoms with Crippen LogP contribution in [0.1, 0.15) is 31.0 Å². The smallest absolute Gasteiger partial charge is 0.234 e. The van der Waals surface area contributed by atoms with Gasteiger partial charge in [0.05, 0.1) is 18.5 Å². The molecule has 164 valence electrons. The Hall–Kier alpha value is -2.95. The molecule has 0 spiro atoms. The van der Waals surface area contributed by atoms with E-state index in [0.717, 1.165) is 54.5 Å². The van der Waals surface area contributed by atoms with Crippen molar-refractivity contribution >= 4 is 33.3 Å². The van der Waals surface area contributed by atoms with Crippen LogP contribution >= 0.6 is 11.3 Å². The zero-order valence-electron chi connectivity index (χ0n) is 18.1. The van der Waals surface area contributed by atoms with E-state index < -0.39 is 0 Å². The number of carbonyl (C=O) groups excluding carboxylic acids is 1. The summed E-state index contributed by atoms with van der Waals surface area (Å²) in [7, 11) is 0. The molecule has 0 atom stereocenters. The normalized spacial score (nSPS) is 17.2. The van der Waals surface area contributed by atoms with Gasteiger partial charge in [0.2, 0.25) is 5.91 Å². The highest BCUT2D eigenvalue weighted by molar-refractivity contribution is 7.17. The lowest BCUT2D eigenvalue weighted by molar-refractivity contribution is -0.121. The molecule has 5 rings (SSSR count). The molecule has 32 heavy (non-hydrogen) atoms. The van der Waals surface area contributed by atoms with Crippen molar-refractivity contribution in [1.29, 1.82) is 0 Å². The highest BCUT2D eigenvalue weighted by atomic mass is 32.1. The lowest BCUT2D eigenvalue weighted by Crippen LogP contribution is -2.39. The van der Waals surface area contributed by atoms with E-state index in [1.54, 1.807) is 11.3 Å². The number of amides is 1. The maximum absolute atomic E-state index is 12.1. The summed E-state index contributed by atoms with van der Waals surface area (Å²) in [5.41, 5.74) is 2.40. The number of hydrogen-bond donors (Lipinski definition) is 1. The van der Waals surface area contributed by atoms with Crippen LogP contribution in [0.4, 0.5) is 5.82 Å². The van der Waals surface area contributed by atoms with Gasteiger partial charge in [-0.2, -0.15) is 0 Å². The number of carbonyl (C=O) groups is 1. The van der Waals surface area contributed by atoms with Gasteiger partial charge in [-0.25, -0.2) is 9.97 Å². The average molecular weight is 446 g/mol. The monoisotopic (exact) mass is 445 g/mol. The summed E-state index contributed by atoms with van der Waals surface area (Å²) in [5.74, 6) is 4.99. The van der Waals surface area contributed by atoms with Gasteiger partial charge in [-0.1, -0.05) is 36.3 Å². The first-order valence-corrected chi connectivity index (χ1v) is 12.1. The fourth-order valence-electron chi connectivity index (χ4n) is 4.27. The number of terminal acetylenes is 1. The standard InChI is InChI=1S/C25H27N5OS/c1-2-11-26-21(31)16-29-12-6-13-30(15-14-29)24-22-20(18-7-4-3-5-8-18)17-32-25(22)28-23(27-24)19-9-10-19/h1,3-5,7-8,17,19H,6,9-16H2,(H,26,31). The number of anilines is 1. The molecule has 3 aromatic rings. The summed E-state index contributed by atoms with van der Waals surface area (Å²) in [4.78, 5) is 27.9. The van der Waals surface area contributed by atoms with Crippen LogP contribution in [-0.2, 0) is 4.79 Å². The van der Waals surface area contributed by atoms with Crippen molar-refractivity contribution in [3.8, 4) is 23.5 Å². The number of fused-ring (bicyclic) bond motifs is 1. The fourth-order valence-corrected chi connectivity index (χ4v) is 5.22. The van der Waals surface area contributed by atoms with Crippen molar-refractivity contribution in [2.24, 2.45) is 0 Å². The van der Waals surface area contributed by atoms with Crippen LogP contribution < -0.4 is 10.2 Å². The topological polar surface area (TPSA) is 61.4 Å². The molecule has 0 radical (unpaired) electrons. The molecule has 0 unspecified atom stereocenters. The van der Waals surface area contributed by atoms with E-state index in [2.05, 4.69) is 50.7 Å². The Bertz CT molecular complexity index is 1150. The zero-order valence-corrected chi connectivity index (χ0v) is 18.9. The minimum absolute atomic E-state index is 0.0129. The molecular weight excluding hydrogens is 418 g/mol. The van der Waals surface area contributed by atoms with Crippen LogP contribution in [0.2, 0.25) is 0 Å². The van der Waals surface area contributed by atoms with E-state index in [9.17, 15) is 4.79 Å². The van der Waals surface area contributed by atoms with Gasteiger partial charge in [0.25, 0.3) is 0 Å². The fraction of sp³-hybridized carbons (Fsp3) is 0.400. The summed E-state index contributed by atoms with van der Waals surface area (Å²) in [6, 6.07) is 10.5. The van der Waals surface area contributed by atoms with E-state index in [0.29, 0.717) is 12.5 Å². The van der Waals surface area contributed by atoms with Crippen LogP contribution in [0.5, 0.6) is 0 Å². The second-order valence-corrected chi connectivity index (χ2v) is 9.33. The molecule has 1 N–H and O–H groups in total. The minimum atomic E-state index is -0.0129. The van der Waals surface area contributed by atoms with Crippen LogP contribution in [0.3, 0.4) is 0 Å². The summed E-state index contributed by atoms with van der Waals surface area (Å²) in [5, 5.41) is 6.14. The highest BCUT2D eigenvalue weighted by Gasteiger charge is 2.30. The zero-order chi connectivity index (χ0) is 21.9. The van der Waals surface area contributed by atoms with E-state index in [1.807, 2.05) is 6.07 Å². The average Bonchev–Trinajstić information content (AvgIpc) is 3.62. The largest absolute Gasteiger partial charge is 0.355 e. The Balaban J connectivity index is 1.44. The molecule has 1 aliphatic carbocycles. The first kappa shape index (κ1) is 20.9. The van der Waals surface area contributed by atoms with Gasteiger partial charge >= 0.3 is 0 Å². The van der Waals surface area contributed by atoms with Crippen LogP contribution in [-0.4, -0.2) is 60.0 Å². The van der Waals surface area contributed by atoms with Crippen molar-refractivity contribution in [3.63, 3.8) is 0 Å². The molecular formula is C25H27N5OS. The summed E-state index contributed by atoms with van der Waals surface area (Å²) < 4.78 is 0. The molecule has 1 amide bonds. The second-order valence-electron chi connectivity index (χ2n) is 8.47. The molecule has 1 aliphatic heterocycles. The molecule has 7 heteroatoms. The second kappa shape index (κ2) is 9.27. The number of hydrogen-bond acceptors (Lipinski definition) is 6. The number of nitrogens with one attached hydrogen (secondary N) is 1. The first-order chi connectivity index (χ1) is 15.7. The molecule has 6 nitrogen and oxygen atoms in total. The molecule has 2 aliphatic rings. The van der Waals surface area contributed by atoms with E-state index in [1.165, 1.54) is 24.0 Å². The van der Waals surface area contributed by atoms with E-state index >= 15 is 0 Å². The maximum atomic E-state index is 12.1. The Morgan fingerprint density at radius 1 is 1.16 bits per heavy atom. The van der Waals surface area contributed by atoms with Crippen LogP contribution in [0, 0.1) is 12.3 Å². The molecule has 1 saturated heterocycles. The van der Waals surface area contributed by atoms with Gasteiger partial charge in [0.1, 0.15) is 16.5 Å². The highest BCUT2D eigenvalue weighted by Crippen LogP contribution is 2.43. The van der Waals surface area contributed by atoms with Gasteiger partial charge in [0, 0.05) is 43.0 Å². The molecule has 2 aromatic heterocycles. The van der Waals surface area contributed by atoms with Crippen molar-refractivity contribution in [3.05, 3.63) is 41.5 Å². The predicted molar refractivity (Wildman–Crippen MR) is 130 cm³/mol. The third-order valence-corrected chi connectivity index (χ3v) is 6.97. The molecule has 1 saturated carbocycles. The predicted octanol–water partition coefficient (Wildman–Crippen LogP) is 3.50. The van der Waals surface area contributed by atoms with E-state index in [-0.39, 0.29) is 12.5 Å². The van der Waals surface area contributed by atoms with Gasteiger partial charge < -0.3 is 10.2 Å². The first-order valence-electron chi connectivity index (χ1n) is 11.2.